The summed E-state index contributed by atoms with van der Waals surface area (Å²) in [5, 5.41) is 0. The molecular weight excluding hydrogens is 368 g/mol. The molecule has 168 valence electrons. The molecule has 0 unspecified atom stereocenters. The van der Waals surface area contributed by atoms with Crippen molar-refractivity contribution >= 4 is 0 Å². The molecule has 0 radical (unpaired) electrons. The van der Waals surface area contributed by atoms with Gasteiger partial charge in [0, 0.05) is 11.5 Å². The molecule has 0 spiro atoms. The van der Waals surface area contributed by atoms with Gasteiger partial charge in [0.05, 0.1) is 13.2 Å². The van der Waals surface area contributed by atoms with E-state index >= 15 is 0 Å². The van der Waals surface area contributed by atoms with Crippen LogP contribution in [0.2, 0.25) is 0 Å². The standard InChI is InChI=1S/C28H44O2/c1-3-5-6-12-26-21-29-28(30-22-26)27-19-17-25(18-20-27)11-8-7-10-24-15-13-23(9-4-2)14-16-24/h7,10,17-20,23-24,26,28H,3-6,8-9,11-16,21-22H2,1-2H3/b10-7+/t23-,24-,26-,28-. The van der Waals surface area contributed by atoms with Gasteiger partial charge in [0.2, 0.25) is 0 Å². The number of allylic oxidation sites excluding steroid dienone is 2. The molecule has 2 aliphatic rings. The minimum Gasteiger partial charge on any atom is -0.348 e. The minimum atomic E-state index is -0.177. The maximum absolute atomic E-state index is 6.00. The van der Waals surface area contributed by atoms with E-state index in [1.165, 1.54) is 69.8 Å². The van der Waals surface area contributed by atoms with Crippen LogP contribution in [0, 0.1) is 17.8 Å². The van der Waals surface area contributed by atoms with Gasteiger partial charge in [-0.25, -0.2) is 0 Å². The second kappa shape index (κ2) is 13.3. The van der Waals surface area contributed by atoms with Gasteiger partial charge in [0.15, 0.2) is 6.29 Å². The molecule has 1 aliphatic heterocycles. The molecule has 2 fully saturated rings. The third-order valence-corrected chi connectivity index (χ3v) is 7.03. The second-order valence-electron chi connectivity index (χ2n) is 9.64. The van der Waals surface area contributed by atoms with E-state index < -0.39 is 0 Å². The zero-order valence-corrected chi connectivity index (χ0v) is 19.5. The third-order valence-electron chi connectivity index (χ3n) is 7.03. The van der Waals surface area contributed by atoms with Gasteiger partial charge in [0.25, 0.3) is 0 Å². The summed E-state index contributed by atoms with van der Waals surface area (Å²) in [7, 11) is 0. The van der Waals surface area contributed by atoms with Crippen molar-refractivity contribution in [3.63, 3.8) is 0 Å². The third kappa shape index (κ3) is 7.85. The van der Waals surface area contributed by atoms with E-state index in [0.717, 1.165) is 43.5 Å². The van der Waals surface area contributed by atoms with Crippen molar-refractivity contribution in [3.8, 4) is 0 Å². The lowest BCUT2D eigenvalue weighted by atomic mass is 9.80. The molecule has 2 nitrogen and oxygen atoms in total. The Morgan fingerprint density at radius 2 is 1.57 bits per heavy atom. The number of hydrogen-bond acceptors (Lipinski definition) is 2. The van der Waals surface area contributed by atoms with Crippen LogP contribution >= 0.6 is 0 Å². The predicted octanol–water partition coefficient (Wildman–Crippen LogP) is 8.02. The van der Waals surface area contributed by atoms with Crippen LogP contribution in [0.4, 0.5) is 0 Å². The van der Waals surface area contributed by atoms with Crippen molar-refractivity contribution in [2.75, 3.05) is 13.2 Å². The Balaban J connectivity index is 1.33. The van der Waals surface area contributed by atoms with Crippen molar-refractivity contribution in [1.29, 1.82) is 0 Å². The molecule has 1 saturated heterocycles. The van der Waals surface area contributed by atoms with Crippen molar-refractivity contribution in [1.82, 2.24) is 0 Å². The summed E-state index contributed by atoms with van der Waals surface area (Å²) in [5.74, 6) is 2.40. The zero-order valence-electron chi connectivity index (χ0n) is 19.5. The van der Waals surface area contributed by atoms with Crippen molar-refractivity contribution in [3.05, 3.63) is 47.5 Å². The van der Waals surface area contributed by atoms with Crippen LogP contribution in [0.5, 0.6) is 0 Å². The Kier molecular flexibility index (Phi) is 10.5. The molecule has 30 heavy (non-hydrogen) atoms. The second-order valence-corrected chi connectivity index (χ2v) is 9.64. The molecule has 0 N–H and O–H groups in total. The molecule has 3 rings (SSSR count). The molecule has 1 aliphatic carbocycles. The maximum atomic E-state index is 6.00. The van der Waals surface area contributed by atoms with Crippen molar-refractivity contribution in [2.45, 2.75) is 97.2 Å². The Morgan fingerprint density at radius 1 is 0.833 bits per heavy atom. The highest BCUT2D eigenvalue weighted by molar-refractivity contribution is 5.24. The van der Waals surface area contributed by atoms with E-state index in [4.69, 9.17) is 9.47 Å². The average molecular weight is 413 g/mol. The van der Waals surface area contributed by atoms with Gasteiger partial charge in [-0.05, 0) is 62.3 Å². The topological polar surface area (TPSA) is 18.5 Å². The largest absolute Gasteiger partial charge is 0.348 e. The molecule has 0 amide bonds. The molecule has 1 heterocycles. The van der Waals surface area contributed by atoms with Crippen LogP contribution in [0.3, 0.4) is 0 Å². The molecule has 1 aromatic carbocycles. The van der Waals surface area contributed by atoms with Crippen LogP contribution < -0.4 is 0 Å². The monoisotopic (exact) mass is 412 g/mol. The summed E-state index contributed by atoms with van der Waals surface area (Å²) in [6.45, 7) is 6.24. The Morgan fingerprint density at radius 3 is 2.23 bits per heavy atom. The highest BCUT2D eigenvalue weighted by Crippen LogP contribution is 2.32. The molecular formula is C28H44O2. The summed E-state index contributed by atoms with van der Waals surface area (Å²) in [6, 6.07) is 8.88. The number of ether oxygens (including phenoxy) is 2. The van der Waals surface area contributed by atoms with Crippen LogP contribution in [0.25, 0.3) is 0 Å². The van der Waals surface area contributed by atoms with E-state index in [1.807, 2.05) is 0 Å². The number of hydrogen-bond donors (Lipinski definition) is 0. The minimum absolute atomic E-state index is 0.177. The Hall–Kier alpha value is -1.12. The van der Waals surface area contributed by atoms with Crippen LogP contribution in [0.1, 0.15) is 102 Å². The number of rotatable bonds is 11. The normalized spacial score (nSPS) is 27.5. The summed E-state index contributed by atoms with van der Waals surface area (Å²) >= 11 is 0. The molecule has 1 aromatic rings. The summed E-state index contributed by atoms with van der Waals surface area (Å²) in [6.07, 6.45) is 20.6. The Labute approximate surface area is 185 Å². The van der Waals surface area contributed by atoms with Gasteiger partial charge < -0.3 is 9.47 Å². The van der Waals surface area contributed by atoms with E-state index in [9.17, 15) is 0 Å². The highest BCUT2D eigenvalue weighted by Gasteiger charge is 2.23. The highest BCUT2D eigenvalue weighted by atomic mass is 16.7. The fourth-order valence-corrected chi connectivity index (χ4v) is 5.04. The van der Waals surface area contributed by atoms with Crippen molar-refractivity contribution < 1.29 is 9.47 Å². The van der Waals surface area contributed by atoms with E-state index in [1.54, 1.807) is 0 Å². The first-order valence-electron chi connectivity index (χ1n) is 12.8. The lowest BCUT2D eigenvalue weighted by Gasteiger charge is -2.29. The van der Waals surface area contributed by atoms with Gasteiger partial charge in [-0.2, -0.15) is 0 Å². The molecule has 0 bridgehead atoms. The van der Waals surface area contributed by atoms with E-state index in [-0.39, 0.29) is 6.29 Å². The van der Waals surface area contributed by atoms with Gasteiger partial charge >= 0.3 is 0 Å². The SMILES string of the molecule is CCCCC[C@H]1CO[C@H](c2ccc(CC/C=C/[C@H]3CC[C@H](CCC)CC3)cc2)OC1. The molecule has 1 saturated carbocycles. The van der Waals surface area contributed by atoms with Crippen LogP contribution in [0.15, 0.2) is 36.4 Å². The lowest BCUT2D eigenvalue weighted by Crippen LogP contribution is -2.27. The quantitative estimate of drug-likeness (QED) is 0.270. The Bertz CT molecular complexity index is 590. The first kappa shape index (κ1) is 23.5. The fourth-order valence-electron chi connectivity index (χ4n) is 5.04. The van der Waals surface area contributed by atoms with Gasteiger partial charge in [-0.3, -0.25) is 0 Å². The van der Waals surface area contributed by atoms with E-state index in [2.05, 4.69) is 50.3 Å². The first-order chi connectivity index (χ1) is 14.8. The fraction of sp³-hybridized carbons (Fsp3) is 0.714. The molecule has 2 heteroatoms. The van der Waals surface area contributed by atoms with E-state index in [0.29, 0.717) is 5.92 Å². The average Bonchev–Trinajstić information content (AvgIpc) is 2.79. The zero-order chi connectivity index (χ0) is 21.0. The summed E-state index contributed by atoms with van der Waals surface area (Å²) in [5.41, 5.74) is 2.56. The van der Waals surface area contributed by atoms with Gasteiger partial charge in [0.1, 0.15) is 0 Å². The summed E-state index contributed by atoms with van der Waals surface area (Å²) in [4.78, 5) is 0. The number of benzene rings is 1. The smallest absolute Gasteiger partial charge is 0.183 e. The van der Waals surface area contributed by atoms with Crippen molar-refractivity contribution in [2.24, 2.45) is 17.8 Å². The van der Waals surface area contributed by atoms with Gasteiger partial charge in [-0.15, -0.1) is 0 Å². The molecule has 0 aromatic heterocycles. The number of aryl methyl sites for hydroxylation is 1. The summed E-state index contributed by atoms with van der Waals surface area (Å²) < 4.78 is 12.0. The van der Waals surface area contributed by atoms with Gasteiger partial charge in [-0.1, -0.05) is 82.4 Å². The maximum Gasteiger partial charge on any atom is 0.183 e. The number of unbranched alkanes of at least 4 members (excludes halogenated alkanes) is 2. The predicted molar refractivity (Wildman–Crippen MR) is 127 cm³/mol. The van der Waals surface area contributed by atoms with Crippen LogP contribution in [-0.2, 0) is 15.9 Å². The van der Waals surface area contributed by atoms with Crippen LogP contribution in [-0.4, -0.2) is 13.2 Å². The first-order valence-corrected chi connectivity index (χ1v) is 12.8. The lowest BCUT2D eigenvalue weighted by molar-refractivity contribution is -0.206. The molecule has 0 atom stereocenters.